The lowest BCUT2D eigenvalue weighted by Gasteiger charge is -2.14. The number of rotatable bonds is 4. The number of benzene rings is 1. The van der Waals surface area contributed by atoms with Crippen LogP contribution in [0.2, 0.25) is 0 Å². The Morgan fingerprint density at radius 2 is 2.11 bits per heavy atom. The van der Waals surface area contributed by atoms with Crippen molar-refractivity contribution in [2.45, 2.75) is 12.7 Å². The van der Waals surface area contributed by atoms with Crippen molar-refractivity contribution < 1.29 is 22.7 Å². The van der Waals surface area contributed by atoms with E-state index in [0.29, 0.717) is 0 Å². The molecule has 0 aliphatic carbocycles. The largest absolute Gasteiger partial charge is 0.497 e. The van der Waals surface area contributed by atoms with Gasteiger partial charge in [-0.25, -0.2) is 0 Å². The van der Waals surface area contributed by atoms with Crippen LogP contribution in [-0.2, 0) is 17.5 Å². The maximum Gasteiger partial charge on any atom is 0.416 e. The number of alkyl halides is 4. The van der Waals surface area contributed by atoms with Crippen LogP contribution in [0, 0.1) is 0 Å². The summed E-state index contributed by atoms with van der Waals surface area (Å²) in [5, 5.41) is 2.29. The highest BCUT2D eigenvalue weighted by Gasteiger charge is 2.33. The van der Waals surface area contributed by atoms with Crippen LogP contribution in [0.15, 0.2) is 18.2 Å². The third kappa shape index (κ3) is 3.80. The maximum absolute atomic E-state index is 12.8. The summed E-state index contributed by atoms with van der Waals surface area (Å²) in [6.07, 6.45) is -4.50. The van der Waals surface area contributed by atoms with E-state index in [4.69, 9.17) is 16.3 Å². The minimum atomic E-state index is -4.50. The summed E-state index contributed by atoms with van der Waals surface area (Å²) in [6.45, 7) is -0.232. The monoisotopic (exact) mass is 281 g/mol. The predicted octanol–water partition coefficient (Wildman–Crippen LogP) is 2.57. The Kier molecular flexibility index (Phi) is 4.84. The van der Waals surface area contributed by atoms with E-state index in [9.17, 15) is 18.0 Å². The van der Waals surface area contributed by atoms with Crippen molar-refractivity contribution in [1.29, 1.82) is 0 Å². The van der Waals surface area contributed by atoms with Crippen LogP contribution < -0.4 is 10.1 Å². The summed E-state index contributed by atoms with van der Waals surface area (Å²) in [7, 11) is 1.28. The topological polar surface area (TPSA) is 38.3 Å². The molecule has 0 radical (unpaired) electrons. The molecule has 0 aliphatic rings. The number of carbonyl (C=O) groups is 1. The maximum atomic E-state index is 12.8. The van der Waals surface area contributed by atoms with Gasteiger partial charge in [0.05, 0.1) is 12.7 Å². The van der Waals surface area contributed by atoms with Crippen molar-refractivity contribution >= 4 is 17.5 Å². The quantitative estimate of drug-likeness (QED) is 0.862. The minimum Gasteiger partial charge on any atom is -0.497 e. The Labute approximate surface area is 107 Å². The Morgan fingerprint density at radius 3 is 2.61 bits per heavy atom. The second-order valence-corrected chi connectivity index (χ2v) is 3.70. The molecule has 7 heteroatoms. The van der Waals surface area contributed by atoms with Crippen LogP contribution in [0.4, 0.5) is 13.2 Å². The summed E-state index contributed by atoms with van der Waals surface area (Å²) >= 11 is 5.24. The van der Waals surface area contributed by atoms with Gasteiger partial charge in [-0.05, 0) is 17.7 Å². The molecular formula is C11H11ClF3NO2. The van der Waals surface area contributed by atoms with Crippen LogP contribution in [0.3, 0.4) is 0 Å². The van der Waals surface area contributed by atoms with Gasteiger partial charge in [-0.15, -0.1) is 11.6 Å². The molecule has 0 unspecified atom stereocenters. The van der Waals surface area contributed by atoms with Crippen LogP contribution >= 0.6 is 11.6 Å². The number of ether oxygens (including phenoxy) is 1. The second kappa shape index (κ2) is 5.95. The van der Waals surface area contributed by atoms with E-state index in [0.717, 1.165) is 6.07 Å². The SMILES string of the molecule is COc1ccc(CNC(=O)CCl)c(C(F)(F)F)c1. The third-order valence-electron chi connectivity index (χ3n) is 2.22. The molecule has 0 aliphatic heterocycles. The van der Waals surface area contributed by atoms with E-state index in [2.05, 4.69) is 5.32 Å². The van der Waals surface area contributed by atoms with Gasteiger partial charge in [0, 0.05) is 6.54 Å². The van der Waals surface area contributed by atoms with Crippen molar-refractivity contribution in [2.75, 3.05) is 13.0 Å². The standard InChI is InChI=1S/C11H11ClF3NO2/c1-18-8-3-2-7(6-16-10(17)5-12)9(4-8)11(13,14)15/h2-4H,5-6H2,1H3,(H,16,17). The molecule has 1 amide bonds. The van der Waals surface area contributed by atoms with Crippen LogP contribution in [0.5, 0.6) is 5.75 Å². The fraction of sp³-hybridized carbons (Fsp3) is 0.364. The minimum absolute atomic E-state index is 0.0400. The van der Waals surface area contributed by atoms with Crippen LogP contribution in [0.1, 0.15) is 11.1 Å². The number of hydrogen-bond donors (Lipinski definition) is 1. The predicted molar refractivity (Wildman–Crippen MR) is 60.6 cm³/mol. The highest BCUT2D eigenvalue weighted by molar-refractivity contribution is 6.27. The number of amides is 1. The van der Waals surface area contributed by atoms with E-state index in [-0.39, 0.29) is 23.7 Å². The normalized spacial score (nSPS) is 11.2. The summed E-state index contributed by atoms with van der Waals surface area (Å²) in [5.41, 5.74) is -0.876. The first-order chi connectivity index (χ1) is 8.38. The third-order valence-corrected chi connectivity index (χ3v) is 2.46. The Hall–Kier alpha value is -1.43. The average Bonchev–Trinajstić information content (AvgIpc) is 2.34. The number of carbonyl (C=O) groups excluding carboxylic acids is 1. The Morgan fingerprint density at radius 1 is 1.44 bits per heavy atom. The molecule has 1 N–H and O–H groups in total. The number of nitrogens with one attached hydrogen (secondary N) is 1. The Bertz CT molecular complexity index is 435. The van der Waals surface area contributed by atoms with Gasteiger partial charge in [0.1, 0.15) is 11.6 Å². The van der Waals surface area contributed by atoms with Gasteiger partial charge in [0.15, 0.2) is 0 Å². The van der Waals surface area contributed by atoms with Crippen molar-refractivity contribution in [1.82, 2.24) is 5.32 Å². The number of hydrogen-bond acceptors (Lipinski definition) is 2. The van der Waals surface area contributed by atoms with Crippen LogP contribution in [0.25, 0.3) is 0 Å². The Balaban J connectivity index is 2.99. The van der Waals surface area contributed by atoms with E-state index in [1.807, 2.05) is 0 Å². The molecule has 0 aromatic heterocycles. The molecule has 1 aromatic rings. The molecule has 0 heterocycles. The summed E-state index contributed by atoms with van der Waals surface area (Å²) < 4.78 is 43.1. The molecule has 1 aromatic carbocycles. The van der Waals surface area contributed by atoms with Gasteiger partial charge in [-0.3, -0.25) is 4.79 Å². The van der Waals surface area contributed by atoms with Gasteiger partial charge in [-0.1, -0.05) is 6.07 Å². The van der Waals surface area contributed by atoms with E-state index >= 15 is 0 Å². The first kappa shape index (κ1) is 14.6. The van der Waals surface area contributed by atoms with Gasteiger partial charge in [0.2, 0.25) is 5.91 Å². The zero-order valence-electron chi connectivity index (χ0n) is 9.47. The van der Waals surface area contributed by atoms with Crippen molar-refractivity contribution in [3.05, 3.63) is 29.3 Å². The molecule has 0 fully saturated rings. The van der Waals surface area contributed by atoms with E-state index in [1.165, 1.54) is 19.2 Å². The number of halogens is 4. The molecule has 18 heavy (non-hydrogen) atoms. The van der Waals surface area contributed by atoms with Crippen molar-refractivity contribution in [3.63, 3.8) is 0 Å². The van der Waals surface area contributed by atoms with Gasteiger partial charge in [-0.2, -0.15) is 13.2 Å². The molecule has 0 atom stereocenters. The second-order valence-electron chi connectivity index (χ2n) is 3.43. The van der Waals surface area contributed by atoms with Crippen molar-refractivity contribution in [3.8, 4) is 5.75 Å². The van der Waals surface area contributed by atoms with E-state index < -0.39 is 17.6 Å². The summed E-state index contributed by atoms with van der Waals surface area (Å²) in [6, 6.07) is 3.55. The van der Waals surface area contributed by atoms with Gasteiger partial charge < -0.3 is 10.1 Å². The lowest BCUT2D eigenvalue weighted by Crippen LogP contribution is -2.25. The van der Waals surface area contributed by atoms with Gasteiger partial charge in [0.25, 0.3) is 0 Å². The molecule has 1 rings (SSSR count). The summed E-state index contributed by atoms with van der Waals surface area (Å²) in [5.74, 6) is -0.715. The summed E-state index contributed by atoms with van der Waals surface area (Å²) in [4.78, 5) is 10.9. The number of methoxy groups -OCH3 is 1. The van der Waals surface area contributed by atoms with Crippen molar-refractivity contribution in [2.24, 2.45) is 0 Å². The van der Waals surface area contributed by atoms with Gasteiger partial charge >= 0.3 is 6.18 Å². The molecule has 0 saturated heterocycles. The zero-order chi connectivity index (χ0) is 13.8. The first-order valence-electron chi connectivity index (χ1n) is 4.95. The smallest absolute Gasteiger partial charge is 0.416 e. The lowest BCUT2D eigenvalue weighted by atomic mass is 10.1. The first-order valence-corrected chi connectivity index (χ1v) is 5.48. The van der Waals surface area contributed by atoms with E-state index in [1.54, 1.807) is 0 Å². The molecule has 0 spiro atoms. The van der Waals surface area contributed by atoms with Crippen LogP contribution in [-0.4, -0.2) is 18.9 Å². The molecule has 100 valence electrons. The molecule has 3 nitrogen and oxygen atoms in total. The fourth-order valence-electron chi connectivity index (χ4n) is 1.34. The molecular weight excluding hydrogens is 271 g/mol. The molecule has 0 bridgehead atoms. The average molecular weight is 282 g/mol. The zero-order valence-corrected chi connectivity index (χ0v) is 10.2. The molecule has 0 saturated carbocycles. The highest BCUT2D eigenvalue weighted by Crippen LogP contribution is 2.34. The highest BCUT2D eigenvalue weighted by atomic mass is 35.5. The fourth-order valence-corrected chi connectivity index (χ4v) is 1.44. The lowest BCUT2D eigenvalue weighted by molar-refractivity contribution is -0.138.